The Bertz CT molecular complexity index is 448. The van der Waals surface area contributed by atoms with E-state index < -0.39 is 0 Å². The summed E-state index contributed by atoms with van der Waals surface area (Å²) in [5.41, 5.74) is 1.37. The van der Waals surface area contributed by atoms with Gasteiger partial charge < -0.3 is 19.5 Å². The lowest BCUT2D eigenvalue weighted by Crippen LogP contribution is -2.37. The molecule has 1 heterocycles. The molecule has 20 heavy (non-hydrogen) atoms. The first-order valence-corrected chi connectivity index (χ1v) is 7.11. The van der Waals surface area contributed by atoms with Gasteiger partial charge in [0.25, 0.3) is 0 Å². The summed E-state index contributed by atoms with van der Waals surface area (Å²) in [5.74, 6) is 2.23. The highest BCUT2D eigenvalue weighted by atomic mass is 16.6. The van der Waals surface area contributed by atoms with Gasteiger partial charge in [-0.2, -0.15) is 0 Å². The molecule has 0 amide bonds. The predicted molar refractivity (Wildman–Crippen MR) is 79.7 cm³/mol. The molecule has 1 aromatic rings. The Labute approximate surface area is 121 Å². The number of ether oxygens (including phenoxy) is 3. The second-order valence-electron chi connectivity index (χ2n) is 6.29. The van der Waals surface area contributed by atoms with Gasteiger partial charge in [-0.1, -0.05) is 20.8 Å². The minimum atomic E-state index is 0.234. The molecule has 1 N–H and O–H groups in total. The van der Waals surface area contributed by atoms with Gasteiger partial charge in [0.15, 0.2) is 11.5 Å². The fraction of sp³-hybridized carbons (Fsp3) is 0.625. The van der Waals surface area contributed by atoms with Crippen molar-refractivity contribution in [3.63, 3.8) is 0 Å². The summed E-state index contributed by atoms with van der Waals surface area (Å²) in [6, 6.07) is 4.46. The summed E-state index contributed by atoms with van der Waals surface area (Å²) < 4.78 is 16.7. The molecule has 0 aromatic heterocycles. The highest BCUT2D eigenvalue weighted by Gasteiger charge is 2.21. The summed E-state index contributed by atoms with van der Waals surface area (Å²) in [4.78, 5) is 0. The van der Waals surface area contributed by atoms with E-state index in [9.17, 15) is 0 Å². The van der Waals surface area contributed by atoms with Crippen molar-refractivity contribution in [1.82, 2.24) is 5.32 Å². The number of rotatable bonds is 4. The maximum absolute atomic E-state index is 5.65. The lowest BCUT2D eigenvalue weighted by Gasteiger charge is -2.28. The molecule has 0 saturated heterocycles. The molecule has 4 heteroatoms. The van der Waals surface area contributed by atoms with Crippen molar-refractivity contribution < 1.29 is 14.2 Å². The zero-order valence-electron chi connectivity index (χ0n) is 13.1. The van der Waals surface area contributed by atoms with E-state index in [1.165, 1.54) is 0 Å². The van der Waals surface area contributed by atoms with Crippen molar-refractivity contribution >= 4 is 0 Å². The normalized spacial score (nSPS) is 15.8. The quantitative estimate of drug-likeness (QED) is 0.919. The average molecular weight is 279 g/mol. The SMILES string of the molecule is COc1cc(CNC(C)C(C)(C)C)cc2c1OCCO2. The van der Waals surface area contributed by atoms with E-state index in [0.717, 1.165) is 23.6 Å². The topological polar surface area (TPSA) is 39.7 Å². The third kappa shape index (κ3) is 3.37. The fourth-order valence-electron chi connectivity index (χ4n) is 2.01. The first kappa shape index (κ1) is 15.0. The van der Waals surface area contributed by atoms with E-state index in [1.54, 1.807) is 7.11 Å². The molecule has 0 fully saturated rings. The number of methoxy groups -OCH3 is 1. The molecule has 2 rings (SSSR count). The molecule has 0 radical (unpaired) electrons. The highest BCUT2D eigenvalue weighted by Crippen LogP contribution is 2.40. The number of fused-ring (bicyclic) bond motifs is 1. The summed E-state index contributed by atoms with van der Waals surface area (Å²) in [7, 11) is 1.66. The number of hydrogen-bond donors (Lipinski definition) is 1. The molecule has 4 nitrogen and oxygen atoms in total. The second-order valence-corrected chi connectivity index (χ2v) is 6.29. The Kier molecular flexibility index (Phi) is 4.43. The summed E-state index contributed by atoms with van der Waals surface area (Å²) in [6.45, 7) is 10.8. The Hall–Kier alpha value is -1.42. The van der Waals surface area contributed by atoms with Crippen LogP contribution in [0.3, 0.4) is 0 Å². The Balaban J connectivity index is 2.13. The molecule has 1 unspecified atom stereocenters. The molecule has 1 aliphatic rings. The minimum Gasteiger partial charge on any atom is -0.493 e. The van der Waals surface area contributed by atoms with Crippen LogP contribution in [0, 0.1) is 5.41 Å². The van der Waals surface area contributed by atoms with E-state index >= 15 is 0 Å². The van der Waals surface area contributed by atoms with E-state index in [4.69, 9.17) is 14.2 Å². The standard InChI is InChI=1S/C16H25NO3/c1-11(16(2,3)4)17-10-12-8-13(18-5)15-14(9-12)19-6-7-20-15/h8-9,11,17H,6-7,10H2,1-5H3. The molecule has 112 valence electrons. The first-order valence-electron chi connectivity index (χ1n) is 7.11. The zero-order valence-corrected chi connectivity index (χ0v) is 13.1. The molecular weight excluding hydrogens is 254 g/mol. The van der Waals surface area contributed by atoms with Gasteiger partial charge in [0.1, 0.15) is 13.2 Å². The van der Waals surface area contributed by atoms with Crippen LogP contribution in [0.1, 0.15) is 33.3 Å². The Morgan fingerprint density at radius 2 is 1.95 bits per heavy atom. The van der Waals surface area contributed by atoms with Gasteiger partial charge in [0.2, 0.25) is 5.75 Å². The minimum absolute atomic E-state index is 0.234. The van der Waals surface area contributed by atoms with Gasteiger partial charge in [-0.25, -0.2) is 0 Å². The van der Waals surface area contributed by atoms with Crippen LogP contribution in [0.25, 0.3) is 0 Å². The number of benzene rings is 1. The maximum Gasteiger partial charge on any atom is 0.203 e. The van der Waals surface area contributed by atoms with Gasteiger partial charge in [-0.3, -0.25) is 0 Å². The molecular formula is C16H25NO3. The van der Waals surface area contributed by atoms with Crippen LogP contribution in [-0.4, -0.2) is 26.4 Å². The Morgan fingerprint density at radius 3 is 2.60 bits per heavy atom. The third-order valence-corrected chi connectivity index (χ3v) is 3.80. The maximum atomic E-state index is 5.65. The van der Waals surface area contributed by atoms with Crippen LogP contribution >= 0.6 is 0 Å². The predicted octanol–water partition coefficient (Wildman–Crippen LogP) is 2.99. The van der Waals surface area contributed by atoms with Crippen LogP contribution < -0.4 is 19.5 Å². The van der Waals surface area contributed by atoms with Crippen molar-refractivity contribution in [3.8, 4) is 17.2 Å². The number of nitrogens with one attached hydrogen (secondary N) is 1. The summed E-state index contributed by atoms with van der Waals surface area (Å²) in [5, 5.41) is 3.55. The van der Waals surface area contributed by atoms with Gasteiger partial charge in [-0.05, 0) is 30.0 Å². The number of hydrogen-bond acceptors (Lipinski definition) is 4. The molecule has 0 bridgehead atoms. The van der Waals surface area contributed by atoms with Gasteiger partial charge in [-0.15, -0.1) is 0 Å². The molecule has 0 spiro atoms. The van der Waals surface area contributed by atoms with Crippen LogP contribution in [0.5, 0.6) is 17.2 Å². The molecule has 0 aliphatic carbocycles. The monoisotopic (exact) mass is 279 g/mol. The van der Waals surface area contributed by atoms with E-state index in [2.05, 4.69) is 33.0 Å². The van der Waals surface area contributed by atoms with E-state index in [-0.39, 0.29) is 5.41 Å². The molecule has 0 saturated carbocycles. The van der Waals surface area contributed by atoms with Crippen LogP contribution in [0.4, 0.5) is 0 Å². The first-order chi connectivity index (χ1) is 9.41. The van der Waals surface area contributed by atoms with Crippen LogP contribution in [0.15, 0.2) is 12.1 Å². The molecule has 1 aromatic carbocycles. The van der Waals surface area contributed by atoms with Crippen molar-refractivity contribution in [3.05, 3.63) is 17.7 Å². The van der Waals surface area contributed by atoms with Crippen LogP contribution in [0.2, 0.25) is 0 Å². The second kappa shape index (κ2) is 5.92. The highest BCUT2D eigenvalue weighted by molar-refractivity contribution is 5.54. The smallest absolute Gasteiger partial charge is 0.203 e. The summed E-state index contributed by atoms with van der Waals surface area (Å²) in [6.07, 6.45) is 0. The van der Waals surface area contributed by atoms with Crippen molar-refractivity contribution in [2.75, 3.05) is 20.3 Å². The lowest BCUT2D eigenvalue weighted by molar-refractivity contribution is 0.165. The van der Waals surface area contributed by atoms with E-state index in [0.29, 0.717) is 25.0 Å². The molecule has 1 atom stereocenters. The van der Waals surface area contributed by atoms with Gasteiger partial charge in [0, 0.05) is 12.6 Å². The lowest BCUT2D eigenvalue weighted by atomic mass is 9.88. The van der Waals surface area contributed by atoms with Crippen LogP contribution in [-0.2, 0) is 6.54 Å². The van der Waals surface area contributed by atoms with Crippen molar-refractivity contribution in [2.24, 2.45) is 5.41 Å². The fourth-order valence-corrected chi connectivity index (χ4v) is 2.01. The average Bonchev–Trinajstić information content (AvgIpc) is 2.42. The summed E-state index contributed by atoms with van der Waals surface area (Å²) >= 11 is 0. The largest absolute Gasteiger partial charge is 0.493 e. The Morgan fingerprint density at radius 1 is 1.25 bits per heavy atom. The third-order valence-electron chi connectivity index (χ3n) is 3.80. The van der Waals surface area contributed by atoms with Gasteiger partial charge in [0.05, 0.1) is 7.11 Å². The van der Waals surface area contributed by atoms with Crippen molar-refractivity contribution in [1.29, 1.82) is 0 Å². The molecule has 1 aliphatic heterocycles. The van der Waals surface area contributed by atoms with Crippen molar-refractivity contribution in [2.45, 2.75) is 40.3 Å². The zero-order chi connectivity index (χ0) is 14.8. The van der Waals surface area contributed by atoms with Gasteiger partial charge >= 0.3 is 0 Å². The van der Waals surface area contributed by atoms with E-state index in [1.807, 2.05) is 12.1 Å².